The first-order valence-corrected chi connectivity index (χ1v) is 21.7. The fourth-order valence-electron chi connectivity index (χ4n) is 7.04. The standard InChI is InChI=1S/C42H54N2O11S2.Na/c1-41(2,3)35-29-32(55-38-28-31(17-19-34(35)38)43(23-25-53-5)24-26-54-6)14-10-8-7-9-11-15-39-42(4,21-12-16-40(45)46)36-30-33(57(50,51)52)18-20-37(36)44(39)22-13-27-56(47,48)49;/h7-11,14-15,17-20,28-30H,12-13,16,21-27H2,1-6H3,(H2-,45,46,47,48,49,50,51,52);/q;+1/p-1. The van der Waals surface area contributed by atoms with Gasteiger partial charge in [0.05, 0.1) is 21.1 Å². The first kappa shape index (κ1) is 49.0. The molecular weight excluding hydrogens is 796 g/mol. The molecule has 2 aliphatic heterocycles. The largest absolute Gasteiger partial charge is 1.00 e. The number of carbonyl (C=O) groups is 1. The number of rotatable bonds is 19. The van der Waals surface area contributed by atoms with Gasteiger partial charge >= 0.3 is 35.5 Å². The van der Waals surface area contributed by atoms with Crippen LogP contribution in [-0.2, 0) is 45.3 Å². The summed E-state index contributed by atoms with van der Waals surface area (Å²) in [5.41, 5.74) is 2.72. The van der Waals surface area contributed by atoms with Crippen LogP contribution in [0.25, 0.3) is 17.4 Å². The minimum atomic E-state index is -4.81. The van der Waals surface area contributed by atoms with Crippen LogP contribution >= 0.6 is 0 Å². The number of hydrogen-bond donors (Lipinski definition) is 1. The van der Waals surface area contributed by atoms with Gasteiger partial charge in [0.15, 0.2) is 13.1 Å². The van der Waals surface area contributed by atoms with E-state index in [-0.39, 0.29) is 67.2 Å². The van der Waals surface area contributed by atoms with Crippen LogP contribution in [0.4, 0.5) is 5.69 Å². The van der Waals surface area contributed by atoms with Crippen molar-refractivity contribution in [2.45, 2.75) is 69.1 Å². The maximum atomic E-state index is 12.0. The van der Waals surface area contributed by atoms with E-state index >= 15 is 0 Å². The molecule has 58 heavy (non-hydrogen) atoms. The Balaban J connectivity index is 0.00000900. The Hall–Kier alpha value is -3.38. The van der Waals surface area contributed by atoms with Gasteiger partial charge in [-0.05, 0) is 85.2 Å². The van der Waals surface area contributed by atoms with Crippen LogP contribution in [0.3, 0.4) is 0 Å². The van der Waals surface area contributed by atoms with E-state index in [9.17, 15) is 35.8 Å². The van der Waals surface area contributed by atoms with Gasteiger partial charge in [0.1, 0.15) is 34.9 Å². The van der Waals surface area contributed by atoms with Crippen molar-refractivity contribution in [2.24, 2.45) is 0 Å². The number of methoxy groups -OCH3 is 2. The quantitative estimate of drug-likeness (QED) is 0.0805. The molecule has 0 spiro atoms. The summed E-state index contributed by atoms with van der Waals surface area (Å²) in [6, 6.07) is 12.2. The van der Waals surface area contributed by atoms with Gasteiger partial charge in [-0.1, -0.05) is 51.2 Å². The maximum absolute atomic E-state index is 12.0. The molecule has 1 atom stereocenters. The average Bonchev–Trinajstić information content (AvgIpc) is 3.35. The van der Waals surface area contributed by atoms with E-state index in [2.05, 4.69) is 37.5 Å². The average molecular weight is 849 g/mol. The van der Waals surface area contributed by atoms with E-state index in [0.717, 1.165) is 22.2 Å². The summed E-state index contributed by atoms with van der Waals surface area (Å²) in [5.74, 6) is -0.191. The molecule has 0 radical (unpaired) electrons. The number of carboxylic acids is 1. The van der Waals surface area contributed by atoms with Gasteiger partial charge in [-0.15, -0.1) is 0 Å². The van der Waals surface area contributed by atoms with Gasteiger partial charge in [0.25, 0.3) is 0 Å². The molecule has 0 aromatic heterocycles. The number of ether oxygens (including phenoxy) is 2. The zero-order valence-corrected chi connectivity index (χ0v) is 38.0. The molecule has 310 valence electrons. The van der Waals surface area contributed by atoms with Gasteiger partial charge < -0.3 is 33.0 Å². The number of fused-ring (bicyclic) bond motifs is 2. The summed E-state index contributed by atoms with van der Waals surface area (Å²) in [6.07, 6.45) is 13.1. The number of benzene rings is 2. The second-order valence-electron chi connectivity index (χ2n) is 15.1. The van der Waals surface area contributed by atoms with Crippen LogP contribution in [0.1, 0.15) is 70.3 Å². The van der Waals surface area contributed by atoms with Crippen LogP contribution in [0.5, 0.6) is 0 Å². The Kier molecular flexibility index (Phi) is 17.9. The van der Waals surface area contributed by atoms with Crippen molar-refractivity contribution in [1.29, 1.82) is 0 Å². The maximum Gasteiger partial charge on any atom is 1.00 e. The van der Waals surface area contributed by atoms with Gasteiger partial charge in [0, 0.05) is 61.4 Å². The summed E-state index contributed by atoms with van der Waals surface area (Å²) in [7, 11) is -5.96. The number of anilines is 1. The third kappa shape index (κ3) is 13.3. The number of aliphatic carboxylic acids is 1. The molecule has 0 bridgehead atoms. The van der Waals surface area contributed by atoms with Crippen molar-refractivity contribution in [3.63, 3.8) is 0 Å². The molecule has 1 aromatic carbocycles. The van der Waals surface area contributed by atoms with Gasteiger partial charge in [-0.25, -0.2) is 21.4 Å². The third-order valence-corrected chi connectivity index (χ3v) is 11.5. The van der Waals surface area contributed by atoms with E-state index in [1.165, 1.54) is 18.2 Å². The summed E-state index contributed by atoms with van der Waals surface area (Å²) in [6.45, 7) is 10.9. The van der Waals surface area contributed by atoms with Gasteiger partial charge in [0.2, 0.25) is 5.36 Å². The van der Waals surface area contributed by atoms with E-state index in [1.54, 1.807) is 43.4 Å². The zero-order valence-electron chi connectivity index (χ0n) is 34.4. The first-order valence-electron chi connectivity index (χ1n) is 18.7. The molecule has 0 saturated heterocycles. The monoisotopic (exact) mass is 848 g/mol. The number of hydrogen-bond acceptors (Lipinski definition) is 11. The van der Waals surface area contributed by atoms with E-state index in [0.29, 0.717) is 49.0 Å². The minimum absolute atomic E-state index is 0. The predicted octanol–water partition coefficient (Wildman–Crippen LogP) is 2.63. The molecule has 4 rings (SSSR count). The predicted molar refractivity (Wildman–Crippen MR) is 218 cm³/mol. The first-order chi connectivity index (χ1) is 26.8. The van der Waals surface area contributed by atoms with Crippen LogP contribution < -0.4 is 44.4 Å². The van der Waals surface area contributed by atoms with Crippen molar-refractivity contribution < 1.29 is 79.3 Å². The Bertz CT molecular complexity index is 2280. The van der Waals surface area contributed by atoms with Crippen molar-refractivity contribution in [2.75, 3.05) is 57.7 Å². The molecule has 13 nitrogen and oxygen atoms in total. The number of allylic oxidation sites excluding steroid dienone is 7. The smallest absolute Gasteiger partial charge is 0.748 e. The summed E-state index contributed by atoms with van der Waals surface area (Å²) >= 11 is 0. The molecule has 0 amide bonds. The summed E-state index contributed by atoms with van der Waals surface area (Å²) in [5, 5.41) is 10.3. The topological polar surface area (TPSA) is 190 Å². The fourth-order valence-corrected chi connectivity index (χ4v) is 8.02. The van der Waals surface area contributed by atoms with Gasteiger partial charge in [-0.2, -0.15) is 0 Å². The van der Waals surface area contributed by atoms with Crippen molar-refractivity contribution in [1.82, 2.24) is 4.58 Å². The molecule has 0 saturated carbocycles. The summed E-state index contributed by atoms with van der Waals surface area (Å²) in [4.78, 5) is 12.8. The SMILES string of the molecule is COCC[N+](CCOC)=c1ccc2c(C(C)(C)C)cc(/C=C/C=C/C=C/C=C3/N(CCCS(=O)(=O)[O-])c4ccc(S(=O)(=O)[O-])cc4C3(C)CCCC(=O)O)oc-2c1.[Na+]. The van der Waals surface area contributed by atoms with Crippen LogP contribution in [0, 0.1) is 0 Å². The molecule has 3 aliphatic rings. The Morgan fingerprint density at radius 2 is 1.59 bits per heavy atom. The molecule has 0 fully saturated rings. The van der Waals surface area contributed by atoms with Crippen LogP contribution in [0.15, 0.2) is 93.9 Å². The van der Waals surface area contributed by atoms with Crippen LogP contribution in [0.2, 0.25) is 0 Å². The molecule has 2 heterocycles. The Labute approximate surface area is 364 Å². The number of carboxylic acid groups (broad SMARTS) is 1. The zero-order chi connectivity index (χ0) is 42.0. The van der Waals surface area contributed by atoms with Crippen molar-refractivity contribution in [3.05, 3.63) is 107 Å². The number of nitrogens with zero attached hydrogens (tertiary/aromatic N) is 2. The second-order valence-corrected chi connectivity index (χ2v) is 18.0. The molecule has 1 unspecified atom stereocenters. The normalized spacial score (nSPS) is 16.9. The second kappa shape index (κ2) is 21.2. The molecule has 16 heteroatoms. The molecule has 1 aromatic rings. The fraction of sp³-hybridized carbons (Fsp3) is 0.429. The third-order valence-electron chi connectivity index (χ3n) is 9.87. The minimum Gasteiger partial charge on any atom is -0.748 e. The Morgan fingerprint density at radius 1 is 0.931 bits per heavy atom. The summed E-state index contributed by atoms with van der Waals surface area (Å²) < 4.78 is 89.6. The van der Waals surface area contributed by atoms with E-state index in [1.807, 2.05) is 37.3 Å². The van der Waals surface area contributed by atoms with Crippen LogP contribution in [-0.4, -0.2) is 89.8 Å². The molecule has 1 N–H and O–H groups in total. The van der Waals surface area contributed by atoms with E-state index in [4.69, 9.17) is 13.9 Å². The van der Waals surface area contributed by atoms with Gasteiger partial charge in [-0.3, -0.25) is 4.79 Å². The van der Waals surface area contributed by atoms with Crippen molar-refractivity contribution in [3.8, 4) is 11.3 Å². The Morgan fingerprint density at radius 3 is 2.19 bits per heavy atom. The van der Waals surface area contributed by atoms with E-state index < -0.39 is 42.3 Å². The molecular formula is C42H53N2NaO11S2. The molecule has 1 aliphatic carbocycles. The van der Waals surface area contributed by atoms with Crippen molar-refractivity contribution >= 4 is 38.0 Å².